The molecule has 18 heavy (non-hydrogen) atoms. The second-order valence-corrected chi connectivity index (χ2v) is 6.50. The van der Waals surface area contributed by atoms with Gasteiger partial charge in [-0.2, -0.15) is 0 Å². The Labute approximate surface area is 113 Å². The molecule has 0 radical (unpaired) electrons. The first-order chi connectivity index (χ1) is 8.69. The molecule has 3 atom stereocenters. The maximum Gasteiger partial charge on any atom is 0.0687 e. The molecular weight excluding hydrogens is 222 g/mol. The number of hydrogen-bond donors (Lipinski definition) is 1. The summed E-state index contributed by atoms with van der Waals surface area (Å²) in [6.45, 7) is 4.61. The lowest BCUT2D eigenvalue weighted by Gasteiger charge is -2.34. The predicted octanol–water partition coefficient (Wildman–Crippen LogP) is 3.89. The Kier molecular flexibility index (Phi) is 5.08. The topological polar surface area (TPSA) is 21.3 Å². The van der Waals surface area contributed by atoms with Gasteiger partial charge in [-0.05, 0) is 52.0 Å². The van der Waals surface area contributed by atoms with Gasteiger partial charge < -0.3 is 10.1 Å². The molecule has 0 aromatic heterocycles. The van der Waals surface area contributed by atoms with Crippen molar-refractivity contribution in [3.63, 3.8) is 0 Å². The quantitative estimate of drug-likeness (QED) is 0.802. The van der Waals surface area contributed by atoms with Gasteiger partial charge in [-0.3, -0.25) is 0 Å². The summed E-state index contributed by atoms with van der Waals surface area (Å²) in [5.74, 6) is 0.763. The highest BCUT2D eigenvalue weighted by Gasteiger charge is 2.41. The van der Waals surface area contributed by atoms with Gasteiger partial charge in [0, 0.05) is 6.04 Å². The third-order valence-corrected chi connectivity index (χ3v) is 5.36. The van der Waals surface area contributed by atoms with Crippen LogP contribution in [-0.2, 0) is 4.74 Å². The standard InChI is InChI=1S/C16H31NO/c1-4-14(13(2)17-3)12-15-8-11-16(18-15)9-6-5-7-10-16/h13-15,17H,4-12H2,1-3H3. The summed E-state index contributed by atoms with van der Waals surface area (Å²) >= 11 is 0. The maximum atomic E-state index is 6.49. The van der Waals surface area contributed by atoms with Crippen molar-refractivity contribution in [2.24, 2.45) is 5.92 Å². The Morgan fingerprint density at radius 3 is 2.56 bits per heavy atom. The van der Waals surface area contributed by atoms with Crippen LogP contribution in [0.3, 0.4) is 0 Å². The van der Waals surface area contributed by atoms with E-state index in [-0.39, 0.29) is 0 Å². The van der Waals surface area contributed by atoms with Gasteiger partial charge in [0.1, 0.15) is 0 Å². The van der Waals surface area contributed by atoms with Crippen LogP contribution in [0.4, 0.5) is 0 Å². The van der Waals surface area contributed by atoms with Gasteiger partial charge >= 0.3 is 0 Å². The first kappa shape index (κ1) is 14.3. The molecule has 2 rings (SSSR count). The van der Waals surface area contributed by atoms with E-state index in [2.05, 4.69) is 26.2 Å². The number of nitrogens with one attached hydrogen (secondary N) is 1. The fraction of sp³-hybridized carbons (Fsp3) is 1.00. The van der Waals surface area contributed by atoms with Gasteiger partial charge in [-0.1, -0.05) is 32.6 Å². The zero-order valence-corrected chi connectivity index (χ0v) is 12.5. The zero-order valence-electron chi connectivity index (χ0n) is 12.5. The Bertz CT molecular complexity index is 247. The lowest BCUT2D eigenvalue weighted by Crippen LogP contribution is -2.35. The van der Waals surface area contributed by atoms with Crippen LogP contribution in [0.25, 0.3) is 0 Å². The lowest BCUT2D eigenvalue weighted by molar-refractivity contribution is -0.0709. The minimum Gasteiger partial charge on any atom is -0.372 e. The van der Waals surface area contributed by atoms with Gasteiger partial charge in [0.05, 0.1) is 11.7 Å². The minimum absolute atomic E-state index is 0.296. The molecule has 3 unspecified atom stereocenters. The fourth-order valence-corrected chi connectivity index (χ4v) is 3.92. The summed E-state index contributed by atoms with van der Waals surface area (Å²) in [6, 6.07) is 0.613. The highest BCUT2D eigenvalue weighted by molar-refractivity contribution is 4.92. The van der Waals surface area contributed by atoms with E-state index in [9.17, 15) is 0 Å². The molecule has 2 heteroatoms. The van der Waals surface area contributed by atoms with Gasteiger partial charge in [0.2, 0.25) is 0 Å². The Morgan fingerprint density at radius 2 is 1.94 bits per heavy atom. The lowest BCUT2D eigenvalue weighted by atomic mass is 9.83. The van der Waals surface area contributed by atoms with Gasteiger partial charge in [-0.25, -0.2) is 0 Å². The minimum atomic E-state index is 0.296. The smallest absolute Gasteiger partial charge is 0.0687 e. The molecule has 1 spiro atoms. The summed E-state index contributed by atoms with van der Waals surface area (Å²) in [5, 5.41) is 3.41. The molecule has 2 fully saturated rings. The molecule has 2 aliphatic rings. The van der Waals surface area contributed by atoms with Gasteiger partial charge in [0.15, 0.2) is 0 Å². The molecule has 1 aliphatic carbocycles. The molecule has 2 nitrogen and oxygen atoms in total. The molecule has 0 amide bonds. The van der Waals surface area contributed by atoms with Crippen molar-refractivity contribution in [3.8, 4) is 0 Å². The van der Waals surface area contributed by atoms with E-state index in [4.69, 9.17) is 4.74 Å². The average molecular weight is 253 g/mol. The molecule has 1 saturated carbocycles. The van der Waals surface area contributed by atoms with E-state index < -0.39 is 0 Å². The van der Waals surface area contributed by atoms with Crippen LogP contribution in [0.5, 0.6) is 0 Å². The fourth-order valence-electron chi connectivity index (χ4n) is 3.92. The maximum absolute atomic E-state index is 6.49. The van der Waals surface area contributed by atoms with Crippen LogP contribution >= 0.6 is 0 Å². The van der Waals surface area contributed by atoms with Crippen LogP contribution in [0.1, 0.15) is 71.6 Å². The highest BCUT2D eigenvalue weighted by atomic mass is 16.5. The van der Waals surface area contributed by atoms with Gasteiger partial charge in [0.25, 0.3) is 0 Å². The second kappa shape index (κ2) is 6.38. The van der Waals surface area contributed by atoms with Crippen LogP contribution < -0.4 is 5.32 Å². The monoisotopic (exact) mass is 253 g/mol. The van der Waals surface area contributed by atoms with E-state index in [1.54, 1.807) is 0 Å². The normalized spacial score (nSPS) is 30.5. The van der Waals surface area contributed by atoms with E-state index >= 15 is 0 Å². The SMILES string of the molecule is CCC(CC1CCC2(CCCCC2)O1)C(C)NC. The van der Waals surface area contributed by atoms with Crippen LogP contribution in [-0.4, -0.2) is 24.8 Å². The molecule has 106 valence electrons. The van der Waals surface area contributed by atoms with Crippen molar-refractivity contribution in [2.75, 3.05) is 7.05 Å². The molecule has 0 aromatic rings. The predicted molar refractivity (Wildman–Crippen MR) is 76.8 cm³/mol. The van der Waals surface area contributed by atoms with Gasteiger partial charge in [-0.15, -0.1) is 0 Å². The summed E-state index contributed by atoms with van der Waals surface area (Å²) in [4.78, 5) is 0. The average Bonchev–Trinajstić information content (AvgIpc) is 2.78. The number of ether oxygens (including phenoxy) is 1. The first-order valence-electron chi connectivity index (χ1n) is 8.04. The Balaban J connectivity index is 1.84. The van der Waals surface area contributed by atoms with Crippen LogP contribution in [0, 0.1) is 5.92 Å². The van der Waals surface area contributed by atoms with Crippen molar-refractivity contribution in [2.45, 2.75) is 89.4 Å². The summed E-state index contributed by atoms with van der Waals surface area (Å²) in [7, 11) is 2.07. The number of hydrogen-bond acceptors (Lipinski definition) is 2. The largest absolute Gasteiger partial charge is 0.372 e. The first-order valence-corrected chi connectivity index (χ1v) is 8.04. The molecule has 1 heterocycles. The third kappa shape index (κ3) is 3.27. The van der Waals surface area contributed by atoms with E-state index in [0.29, 0.717) is 17.7 Å². The van der Waals surface area contributed by atoms with Crippen molar-refractivity contribution in [3.05, 3.63) is 0 Å². The van der Waals surface area contributed by atoms with Crippen molar-refractivity contribution >= 4 is 0 Å². The zero-order chi connectivity index (χ0) is 13.0. The number of rotatable bonds is 5. The molecule has 0 bridgehead atoms. The van der Waals surface area contributed by atoms with Crippen molar-refractivity contribution in [1.82, 2.24) is 5.32 Å². The Morgan fingerprint density at radius 1 is 1.22 bits per heavy atom. The summed E-state index contributed by atoms with van der Waals surface area (Å²) < 4.78 is 6.49. The molecule has 1 aliphatic heterocycles. The molecule has 1 N–H and O–H groups in total. The molecular formula is C16H31NO. The van der Waals surface area contributed by atoms with Crippen LogP contribution in [0.2, 0.25) is 0 Å². The van der Waals surface area contributed by atoms with E-state index in [1.807, 2.05) is 0 Å². The summed E-state index contributed by atoms with van der Waals surface area (Å²) in [5.41, 5.74) is 0.296. The molecule has 1 saturated heterocycles. The summed E-state index contributed by atoms with van der Waals surface area (Å²) in [6.07, 6.45) is 12.5. The van der Waals surface area contributed by atoms with Crippen LogP contribution in [0.15, 0.2) is 0 Å². The van der Waals surface area contributed by atoms with E-state index in [0.717, 1.165) is 5.92 Å². The Hall–Kier alpha value is -0.0800. The van der Waals surface area contributed by atoms with Crippen molar-refractivity contribution in [1.29, 1.82) is 0 Å². The molecule has 0 aromatic carbocycles. The third-order valence-electron chi connectivity index (χ3n) is 5.36. The van der Waals surface area contributed by atoms with E-state index in [1.165, 1.54) is 57.8 Å². The highest BCUT2D eigenvalue weighted by Crippen LogP contribution is 2.43. The second-order valence-electron chi connectivity index (χ2n) is 6.50. The van der Waals surface area contributed by atoms with Crippen molar-refractivity contribution < 1.29 is 4.74 Å².